The second-order valence-corrected chi connectivity index (χ2v) is 11.1. The lowest BCUT2D eigenvalue weighted by Gasteiger charge is -2.40. The summed E-state index contributed by atoms with van der Waals surface area (Å²) in [6.07, 6.45) is -5.53. The predicted octanol–water partition coefficient (Wildman–Crippen LogP) is 5.03. The molecular weight excluding hydrogens is 527 g/mol. The number of carbonyl (C=O) groups excluding carboxylic acids is 1. The number of aromatic nitrogens is 3. The molecule has 216 valence electrons. The Labute approximate surface area is 230 Å². The maximum atomic E-state index is 13.8. The first-order chi connectivity index (χ1) is 18.6. The van der Waals surface area contributed by atoms with E-state index in [1.807, 2.05) is 11.8 Å². The van der Waals surface area contributed by atoms with Crippen LogP contribution in [0.25, 0.3) is 16.7 Å². The molecule has 12 heteroatoms. The number of ether oxygens (including phenoxy) is 2. The van der Waals surface area contributed by atoms with Crippen LogP contribution in [0.5, 0.6) is 5.75 Å². The number of hydrogen-bond donors (Lipinski definition) is 0. The number of fused-ring (bicyclic) bond motifs is 1. The minimum Gasteiger partial charge on any atom is -0.487 e. The number of rotatable bonds is 5. The summed E-state index contributed by atoms with van der Waals surface area (Å²) in [5, 5.41) is 0.240. The van der Waals surface area contributed by atoms with Crippen molar-refractivity contribution < 1.29 is 27.4 Å². The maximum absolute atomic E-state index is 13.8. The van der Waals surface area contributed by atoms with Crippen molar-refractivity contribution in [3.8, 4) is 11.6 Å². The number of pyridine rings is 1. The van der Waals surface area contributed by atoms with Crippen LogP contribution in [-0.4, -0.2) is 67.8 Å². The fourth-order valence-corrected chi connectivity index (χ4v) is 4.51. The van der Waals surface area contributed by atoms with Crippen LogP contribution in [0.4, 0.5) is 18.0 Å². The van der Waals surface area contributed by atoms with Crippen LogP contribution in [-0.2, 0) is 17.5 Å². The fourth-order valence-electron chi connectivity index (χ4n) is 4.51. The predicted molar refractivity (Wildman–Crippen MR) is 144 cm³/mol. The van der Waals surface area contributed by atoms with E-state index in [0.29, 0.717) is 25.2 Å². The van der Waals surface area contributed by atoms with Crippen molar-refractivity contribution in [3.63, 3.8) is 0 Å². The largest absolute Gasteiger partial charge is 0.487 e. The van der Waals surface area contributed by atoms with Crippen LogP contribution in [0.2, 0.25) is 0 Å². The summed E-state index contributed by atoms with van der Waals surface area (Å²) < 4.78 is 53.5. The third kappa shape index (κ3) is 6.55. The highest BCUT2D eigenvalue weighted by Gasteiger charge is 2.35. The molecule has 0 saturated carbocycles. The van der Waals surface area contributed by atoms with Crippen LogP contribution < -0.4 is 10.3 Å². The number of benzene rings is 1. The molecule has 1 aromatic carbocycles. The van der Waals surface area contributed by atoms with Gasteiger partial charge >= 0.3 is 12.3 Å². The number of nitrogens with zero attached hydrogens (tertiary/aromatic N) is 5. The van der Waals surface area contributed by atoms with E-state index in [-0.39, 0.29) is 41.5 Å². The number of hydrogen-bond acceptors (Lipinski definition) is 7. The number of piperazine rings is 1. The lowest BCUT2D eigenvalue weighted by molar-refractivity contribution is -0.141. The Hall–Kier alpha value is -3.67. The smallest absolute Gasteiger partial charge is 0.433 e. The molecule has 3 aromatic rings. The van der Waals surface area contributed by atoms with Crippen molar-refractivity contribution in [1.82, 2.24) is 24.3 Å². The highest BCUT2D eigenvalue weighted by atomic mass is 19.4. The molecule has 0 unspecified atom stereocenters. The summed E-state index contributed by atoms with van der Waals surface area (Å²) in [5.74, 6) is -0.0326. The summed E-state index contributed by atoms with van der Waals surface area (Å²) in [6.45, 7) is 12.1. The molecule has 3 heterocycles. The molecule has 1 atom stereocenters. The molecule has 0 spiro atoms. The van der Waals surface area contributed by atoms with E-state index in [1.54, 1.807) is 63.8 Å². The minimum absolute atomic E-state index is 0.0335. The van der Waals surface area contributed by atoms with Crippen LogP contribution in [0.1, 0.15) is 53.1 Å². The van der Waals surface area contributed by atoms with Crippen molar-refractivity contribution in [3.05, 3.63) is 58.3 Å². The summed E-state index contributed by atoms with van der Waals surface area (Å²) in [4.78, 5) is 38.6. The Morgan fingerprint density at radius 1 is 1.07 bits per heavy atom. The fraction of sp³-hybridized carbons (Fsp3) is 0.500. The van der Waals surface area contributed by atoms with Crippen LogP contribution in [0, 0.1) is 0 Å². The highest BCUT2D eigenvalue weighted by molar-refractivity contribution is 5.78. The van der Waals surface area contributed by atoms with Crippen molar-refractivity contribution in [2.75, 3.05) is 19.6 Å². The van der Waals surface area contributed by atoms with Gasteiger partial charge in [-0.25, -0.2) is 19.3 Å². The zero-order valence-corrected chi connectivity index (χ0v) is 23.5. The zero-order valence-electron chi connectivity index (χ0n) is 23.5. The normalized spacial score (nSPS) is 16.9. The Morgan fingerprint density at radius 2 is 1.77 bits per heavy atom. The average molecular weight is 562 g/mol. The van der Waals surface area contributed by atoms with Gasteiger partial charge in [0.05, 0.1) is 23.6 Å². The maximum Gasteiger partial charge on any atom is 0.433 e. The Bertz CT molecular complexity index is 1450. The molecule has 1 amide bonds. The summed E-state index contributed by atoms with van der Waals surface area (Å²) >= 11 is 0. The van der Waals surface area contributed by atoms with E-state index < -0.39 is 29.1 Å². The van der Waals surface area contributed by atoms with Gasteiger partial charge in [0, 0.05) is 25.7 Å². The minimum atomic E-state index is -4.73. The topological polar surface area (TPSA) is 89.8 Å². The first-order valence-corrected chi connectivity index (χ1v) is 13.1. The van der Waals surface area contributed by atoms with Crippen molar-refractivity contribution in [2.45, 2.75) is 72.0 Å². The number of alkyl halides is 3. The molecule has 0 radical (unpaired) electrons. The van der Waals surface area contributed by atoms with Crippen LogP contribution >= 0.6 is 0 Å². The number of para-hydroxylation sites is 1. The molecule has 0 N–H and O–H groups in total. The number of carbonyl (C=O) groups is 1. The zero-order chi connectivity index (χ0) is 29.4. The number of halogens is 3. The summed E-state index contributed by atoms with van der Waals surface area (Å²) in [6, 6.07) is 8.51. The number of amides is 1. The molecule has 0 aliphatic carbocycles. The second kappa shape index (κ2) is 11.1. The molecule has 1 fully saturated rings. The Morgan fingerprint density at radius 3 is 2.40 bits per heavy atom. The quantitative estimate of drug-likeness (QED) is 0.432. The van der Waals surface area contributed by atoms with Gasteiger partial charge in [-0.15, -0.1) is 0 Å². The van der Waals surface area contributed by atoms with E-state index >= 15 is 0 Å². The molecule has 40 heavy (non-hydrogen) atoms. The van der Waals surface area contributed by atoms with Gasteiger partial charge in [0.15, 0.2) is 11.6 Å². The highest BCUT2D eigenvalue weighted by Crippen LogP contribution is 2.32. The van der Waals surface area contributed by atoms with Crippen molar-refractivity contribution in [1.29, 1.82) is 0 Å². The van der Waals surface area contributed by atoms with Gasteiger partial charge < -0.3 is 14.4 Å². The third-order valence-electron chi connectivity index (χ3n) is 6.31. The second-order valence-electron chi connectivity index (χ2n) is 11.1. The molecule has 9 nitrogen and oxygen atoms in total. The van der Waals surface area contributed by atoms with Gasteiger partial charge in [-0.1, -0.05) is 12.1 Å². The van der Waals surface area contributed by atoms with Gasteiger partial charge in [-0.3, -0.25) is 9.69 Å². The molecule has 2 aromatic heterocycles. The average Bonchev–Trinajstić information content (AvgIpc) is 2.84. The van der Waals surface area contributed by atoms with Crippen molar-refractivity contribution >= 4 is 17.0 Å². The summed E-state index contributed by atoms with van der Waals surface area (Å²) in [7, 11) is 0. The van der Waals surface area contributed by atoms with E-state index in [2.05, 4.69) is 4.98 Å². The lowest BCUT2D eigenvalue weighted by Crippen LogP contribution is -2.54. The summed E-state index contributed by atoms with van der Waals surface area (Å²) in [5.41, 5.74) is -1.92. The molecule has 1 saturated heterocycles. The Balaban J connectivity index is 1.78. The first-order valence-electron chi connectivity index (χ1n) is 13.1. The van der Waals surface area contributed by atoms with E-state index in [9.17, 15) is 22.8 Å². The molecule has 0 bridgehead atoms. The van der Waals surface area contributed by atoms with Gasteiger partial charge in [-0.05, 0) is 65.8 Å². The van der Waals surface area contributed by atoms with Gasteiger partial charge in [0.2, 0.25) is 0 Å². The lowest BCUT2D eigenvalue weighted by atomic mass is 10.2. The van der Waals surface area contributed by atoms with Gasteiger partial charge in [-0.2, -0.15) is 13.2 Å². The van der Waals surface area contributed by atoms with Crippen LogP contribution in [0.15, 0.2) is 41.2 Å². The van der Waals surface area contributed by atoms with E-state index in [4.69, 9.17) is 14.5 Å². The first kappa shape index (κ1) is 29.3. The SMILES string of the molecule is CC(C)Oc1ccc(C(F)(F)F)nc1-n1c(CN2CCN(C(=O)OC(C)(C)C)C[C@@H]2C)nc2ccccc2c1=O. The van der Waals surface area contributed by atoms with E-state index in [0.717, 1.165) is 10.6 Å². The van der Waals surface area contributed by atoms with Crippen molar-refractivity contribution in [2.24, 2.45) is 0 Å². The van der Waals surface area contributed by atoms with E-state index in [1.165, 1.54) is 6.07 Å². The molecule has 1 aliphatic rings. The Kier molecular flexibility index (Phi) is 8.11. The molecule has 1 aliphatic heterocycles. The molecular formula is C28H34F3N5O4. The van der Waals surface area contributed by atoms with Gasteiger partial charge in [0.1, 0.15) is 17.1 Å². The molecule has 4 rings (SSSR count). The monoisotopic (exact) mass is 561 g/mol. The van der Waals surface area contributed by atoms with Crippen LogP contribution in [0.3, 0.4) is 0 Å². The third-order valence-corrected chi connectivity index (χ3v) is 6.31. The standard InChI is InChI=1S/C28H34F3N5O4/c1-17(2)39-21-11-12-22(28(29,30)31)33-24(21)36-23(32-20-10-8-7-9-19(20)25(36)37)16-34-13-14-35(15-18(34)3)26(38)40-27(4,5)6/h7-12,17-18H,13-16H2,1-6H3/t18-/m0/s1. The van der Waals surface area contributed by atoms with Gasteiger partial charge in [0.25, 0.3) is 5.56 Å².